The first-order chi connectivity index (χ1) is 11.2. The second kappa shape index (κ2) is 9.05. The Morgan fingerprint density at radius 2 is 2.04 bits per heavy atom. The molecule has 0 radical (unpaired) electrons. The maximum absolute atomic E-state index is 12.4. The molecule has 0 aliphatic rings. The van der Waals surface area contributed by atoms with Gasteiger partial charge in [0.05, 0.1) is 17.7 Å². The Hall–Kier alpha value is -2.21. The number of rotatable bonds is 8. The average molecular weight is 331 g/mol. The van der Waals surface area contributed by atoms with E-state index < -0.39 is 6.04 Å². The Morgan fingerprint density at radius 1 is 1.26 bits per heavy atom. The largest absolute Gasteiger partial charge is 0.349 e. The minimum atomic E-state index is -0.574. The molecule has 0 unspecified atom stereocenters. The normalized spacial score (nSPS) is 11.7. The zero-order valence-electron chi connectivity index (χ0n) is 13.1. The van der Waals surface area contributed by atoms with Crippen LogP contribution in [0.25, 0.3) is 0 Å². The molecule has 0 spiro atoms. The summed E-state index contributed by atoms with van der Waals surface area (Å²) in [5, 5.41) is 7.56. The minimum Gasteiger partial charge on any atom is -0.349 e. The maximum atomic E-state index is 12.4. The predicted octanol–water partition coefficient (Wildman–Crippen LogP) is 2.29. The van der Waals surface area contributed by atoms with Crippen LogP contribution in [0.5, 0.6) is 0 Å². The van der Waals surface area contributed by atoms with Crippen molar-refractivity contribution in [1.29, 1.82) is 0 Å². The van der Waals surface area contributed by atoms with E-state index in [0.29, 0.717) is 19.4 Å². The van der Waals surface area contributed by atoms with Gasteiger partial charge in [-0.1, -0.05) is 37.3 Å². The van der Waals surface area contributed by atoms with Crippen LogP contribution in [-0.2, 0) is 22.6 Å². The maximum Gasteiger partial charge on any atom is 0.243 e. The first-order valence-corrected chi connectivity index (χ1v) is 8.61. The molecule has 0 aliphatic carbocycles. The van der Waals surface area contributed by atoms with Crippen LogP contribution in [0.2, 0.25) is 0 Å². The molecule has 0 saturated heterocycles. The lowest BCUT2D eigenvalue weighted by atomic mass is 10.0. The van der Waals surface area contributed by atoms with E-state index in [9.17, 15) is 9.59 Å². The molecular formula is C17H21N3O2S. The smallest absolute Gasteiger partial charge is 0.243 e. The summed E-state index contributed by atoms with van der Waals surface area (Å²) in [6.07, 6.45) is 1.65. The van der Waals surface area contributed by atoms with E-state index in [1.165, 1.54) is 11.3 Å². The lowest BCUT2D eigenvalue weighted by molar-refractivity contribution is -0.129. The number of nitrogens with zero attached hydrogens (tertiary/aromatic N) is 1. The Balaban J connectivity index is 1.99. The van der Waals surface area contributed by atoms with Crippen molar-refractivity contribution in [3.63, 3.8) is 0 Å². The summed E-state index contributed by atoms with van der Waals surface area (Å²) in [6.45, 7) is 2.31. The van der Waals surface area contributed by atoms with Crippen molar-refractivity contribution in [3.05, 3.63) is 52.5 Å². The van der Waals surface area contributed by atoms with E-state index in [2.05, 4.69) is 15.6 Å². The third-order valence-corrected chi connectivity index (χ3v) is 3.97. The number of thiazole rings is 1. The second-order valence-electron chi connectivity index (χ2n) is 5.26. The van der Waals surface area contributed by atoms with E-state index in [4.69, 9.17) is 0 Å². The second-order valence-corrected chi connectivity index (χ2v) is 5.98. The molecule has 6 heteroatoms. The highest BCUT2D eigenvalue weighted by atomic mass is 32.1. The fourth-order valence-corrected chi connectivity index (χ4v) is 2.74. The standard InChI is InChI=1S/C17H21N3O2S/c1-2-6-16(21)20-15(9-13-7-4-3-5-8-13)17(22)18-10-14-11-23-12-19-14/h3-5,7-8,11-12,15H,2,6,9-10H2,1H3,(H,18,22)(H,20,21)/t15-/m1/s1. The molecule has 1 atom stereocenters. The molecule has 0 saturated carbocycles. The summed E-state index contributed by atoms with van der Waals surface area (Å²) >= 11 is 1.49. The van der Waals surface area contributed by atoms with E-state index >= 15 is 0 Å². The van der Waals surface area contributed by atoms with Gasteiger partial charge < -0.3 is 10.6 Å². The summed E-state index contributed by atoms with van der Waals surface area (Å²) in [6, 6.07) is 9.10. The monoisotopic (exact) mass is 331 g/mol. The minimum absolute atomic E-state index is 0.0998. The van der Waals surface area contributed by atoms with Crippen LogP contribution >= 0.6 is 11.3 Å². The van der Waals surface area contributed by atoms with Gasteiger partial charge in [0.25, 0.3) is 0 Å². The third-order valence-electron chi connectivity index (χ3n) is 3.34. The first-order valence-electron chi connectivity index (χ1n) is 7.67. The zero-order chi connectivity index (χ0) is 16.5. The van der Waals surface area contributed by atoms with E-state index in [-0.39, 0.29) is 11.8 Å². The van der Waals surface area contributed by atoms with Crippen molar-refractivity contribution < 1.29 is 9.59 Å². The van der Waals surface area contributed by atoms with E-state index in [1.54, 1.807) is 5.51 Å². The Kier molecular flexibility index (Phi) is 6.75. The van der Waals surface area contributed by atoms with Gasteiger partial charge in [0, 0.05) is 18.2 Å². The number of nitrogens with one attached hydrogen (secondary N) is 2. The summed E-state index contributed by atoms with van der Waals surface area (Å²) in [5.74, 6) is -0.288. The number of hydrogen-bond acceptors (Lipinski definition) is 4. The number of hydrogen-bond donors (Lipinski definition) is 2. The molecule has 1 aromatic heterocycles. The summed E-state index contributed by atoms with van der Waals surface area (Å²) < 4.78 is 0. The number of aromatic nitrogens is 1. The van der Waals surface area contributed by atoms with E-state index in [1.807, 2.05) is 42.6 Å². The molecule has 0 aliphatic heterocycles. The lowest BCUT2D eigenvalue weighted by Crippen LogP contribution is -2.47. The lowest BCUT2D eigenvalue weighted by Gasteiger charge is -2.18. The molecule has 2 rings (SSSR count). The van der Waals surface area contributed by atoms with Gasteiger partial charge in [0.2, 0.25) is 11.8 Å². The van der Waals surface area contributed by atoms with Crippen LogP contribution in [-0.4, -0.2) is 22.8 Å². The molecule has 1 heterocycles. The van der Waals surface area contributed by atoms with Crippen molar-refractivity contribution in [1.82, 2.24) is 15.6 Å². The molecule has 2 amide bonds. The molecule has 122 valence electrons. The first kappa shape index (κ1) is 17.1. The fourth-order valence-electron chi connectivity index (χ4n) is 2.18. The number of carbonyl (C=O) groups excluding carboxylic acids is 2. The predicted molar refractivity (Wildman–Crippen MR) is 90.9 cm³/mol. The van der Waals surface area contributed by atoms with Gasteiger partial charge in [0.1, 0.15) is 6.04 Å². The summed E-state index contributed by atoms with van der Waals surface area (Å²) in [4.78, 5) is 28.4. The topological polar surface area (TPSA) is 71.1 Å². The molecule has 23 heavy (non-hydrogen) atoms. The highest BCUT2D eigenvalue weighted by Crippen LogP contribution is 2.05. The van der Waals surface area contributed by atoms with Crippen LogP contribution in [0.3, 0.4) is 0 Å². The SMILES string of the molecule is CCCC(=O)N[C@H](Cc1ccccc1)C(=O)NCc1cscn1. The van der Waals surface area contributed by atoms with Crippen LogP contribution in [0, 0.1) is 0 Å². The number of carbonyl (C=O) groups is 2. The molecule has 2 N–H and O–H groups in total. The van der Waals surface area contributed by atoms with Crippen molar-refractivity contribution in [2.24, 2.45) is 0 Å². The number of benzene rings is 1. The Labute approximate surface area is 140 Å². The van der Waals surface area contributed by atoms with Gasteiger partial charge in [-0.05, 0) is 12.0 Å². The van der Waals surface area contributed by atoms with Crippen LogP contribution < -0.4 is 10.6 Å². The van der Waals surface area contributed by atoms with Crippen molar-refractivity contribution in [2.45, 2.75) is 38.8 Å². The molecule has 1 aromatic carbocycles. The molecule has 0 fully saturated rings. The van der Waals surface area contributed by atoms with Crippen LogP contribution in [0.1, 0.15) is 31.0 Å². The highest BCUT2D eigenvalue weighted by molar-refractivity contribution is 7.07. The van der Waals surface area contributed by atoms with Crippen molar-refractivity contribution in [2.75, 3.05) is 0 Å². The summed E-state index contributed by atoms with van der Waals surface area (Å²) in [7, 11) is 0. The van der Waals surface area contributed by atoms with Gasteiger partial charge in [0.15, 0.2) is 0 Å². The van der Waals surface area contributed by atoms with Crippen molar-refractivity contribution in [3.8, 4) is 0 Å². The van der Waals surface area contributed by atoms with Gasteiger partial charge in [-0.25, -0.2) is 4.98 Å². The Morgan fingerprint density at radius 3 is 2.70 bits per heavy atom. The van der Waals surface area contributed by atoms with Gasteiger partial charge in [-0.15, -0.1) is 11.3 Å². The highest BCUT2D eigenvalue weighted by Gasteiger charge is 2.20. The van der Waals surface area contributed by atoms with Crippen LogP contribution in [0.4, 0.5) is 0 Å². The molecule has 0 bridgehead atoms. The zero-order valence-corrected chi connectivity index (χ0v) is 13.9. The average Bonchev–Trinajstić information content (AvgIpc) is 3.06. The van der Waals surface area contributed by atoms with Crippen molar-refractivity contribution >= 4 is 23.2 Å². The quantitative estimate of drug-likeness (QED) is 0.779. The van der Waals surface area contributed by atoms with Gasteiger partial charge in [-0.3, -0.25) is 9.59 Å². The van der Waals surface area contributed by atoms with E-state index in [0.717, 1.165) is 17.7 Å². The van der Waals surface area contributed by atoms with Gasteiger partial charge in [-0.2, -0.15) is 0 Å². The Bertz CT molecular complexity index is 614. The molecule has 5 nitrogen and oxygen atoms in total. The fraction of sp³-hybridized carbons (Fsp3) is 0.353. The summed E-state index contributed by atoms with van der Waals surface area (Å²) in [5.41, 5.74) is 3.56. The number of amides is 2. The van der Waals surface area contributed by atoms with Crippen LogP contribution in [0.15, 0.2) is 41.2 Å². The van der Waals surface area contributed by atoms with Gasteiger partial charge >= 0.3 is 0 Å². The molecular weight excluding hydrogens is 310 g/mol. The third kappa shape index (κ3) is 5.83. The molecule has 2 aromatic rings.